The third-order valence-electron chi connectivity index (χ3n) is 6.43. The number of aromatic nitrogens is 3. The highest BCUT2D eigenvalue weighted by atomic mass is 16.4. The Morgan fingerprint density at radius 3 is 2.80 bits per heavy atom. The highest BCUT2D eigenvalue weighted by molar-refractivity contribution is 5.99. The van der Waals surface area contributed by atoms with E-state index in [4.69, 9.17) is 10.8 Å². The van der Waals surface area contributed by atoms with Gasteiger partial charge in [0, 0.05) is 41.2 Å². The molecule has 0 saturated carbocycles. The Bertz CT molecular complexity index is 1340. The van der Waals surface area contributed by atoms with Crippen LogP contribution in [0.2, 0.25) is 0 Å². The van der Waals surface area contributed by atoms with Crippen molar-refractivity contribution in [3.05, 3.63) is 57.6 Å². The summed E-state index contributed by atoms with van der Waals surface area (Å²) in [6.07, 6.45) is 4.70. The maximum Gasteiger partial charge on any atom is 0.326 e. The fourth-order valence-electron chi connectivity index (χ4n) is 4.72. The molecule has 1 aliphatic rings. The zero-order valence-electron chi connectivity index (χ0n) is 19.0. The van der Waals surface area contributed by atoms with Crippen molar-refractivity contribution in [2.75, 3.05) is 5.73 Å². The minimum Gasteiger partial charge on any atom is -0.481 e. The van der Waals surface area contributed by atoms with Crippen molar-refractivity contribution in [2.24, 2.45) is 0 Å². The second kappa shape index (κ2) is 10.00. The number of H-pyrrole nitrogens is 1. The van der Waals surface area contributed by atoms with Crippen LogP contribution < -0.4 is 16.6 Å². The number of amides is 1. The number of hydrogen-bond acceptors (Lipinski definition) is 6. The zero-order valence-corrected chi connectivity index (χ0v) is 19.0. The van der Waals surface area contributed by atoms with Crippen molar-refractivity contribution in [1.29, 1.82) is 0 Å². The summed E-state index contributed by atoms with van der Waals surface area (Å²) >= 11 is 0. The van der Waals surface area contributed by atoms with E-state index in [2.05, 4.69) is 19.9 Å². The molecular formula is C24H27N5O6. The normalized spacial score (nSPS) is 15.6. The largest absolute Gasteiger partial charge is 0.481 e. The first-order valence-corrected chi connectivity index (χ1v) is 11.5. The van der Waals surface area contributed by atoms with Gasteiger partial charge in [-0.15, -0.1) is 0 Å². The van der Waals surface area contributed by atoms with Crippen LogP contribution in [0.25, 0.3) is 10.9 Å². The van der Waals surface area contributed by atoms with Gasteiger partial charge in [0.25, 0.3) is 11.5 Å². The molecule has 0 bridgehead atoms. The zero-order chi connectivity index (χ0) is 25.1. The third kappa shape index (κ3) is 5.34. The molecule has 1 aromatic carbocycles. The molecule has 0 spiro atoms. The number of anilines is 1. The van der Waals surface area contributed by atoms with Crippen LogP contribution in [0, 0.1) is 0 Å². The molecule has 184 valence electrons. The van der Waals surface area contributed by atoms with Crippen LogP contribution in [0.1, 0.15) is 59.6 Å². The number of nitrogens with one attached hydrogen (secondary N) is 2. The van der Waals surface area contributed by atoms with Gasteiger partial charge >= 0.3 is 11.9 Å². The van der Waals surface area contributed by atoms with Gasteiger partial charge in [0.05, 0.1) is 5.69 Å². The first-order valence-electron chi connectivity index (χ1n) is 11.5. The quantitative estimate of drug-likeness (QED) is 0.291. The summed E-state index contributed by atoms with van der Waals surface area (Å²) in [6.45, 7) is 0.734. The van der Waals surface area contributed by atoms with Gasteiger partial charge in [0.15, 0.2) is 0 Å². The number of aromatic amines is 1. The molecule has 11 heteroatoms. The van der Waals surface area contributed by atoms with E-state index in [0.29, 0.717) is 5.56 Å². The maximum atomic E-state index is 12.6. The number of fused-ring (bicyclic) bond motifs is 2. The molecule has 4 rings (SSSR count). The van der Waals surface area contributed by atoms with Gasteiger partial charge in [0.1, 0.15) is 6.04 Å². The SMILES string of the molecule is Nc1nc2c(c(=O)[nH]1)C(CCCn1ccc3cc(C(=O)N[C@@H](CCC(=O)O)C(=O)O)ccc31)CC2. The molecule has 2 heterocycles. The molecule has 2 atom stereocenters. The Morgan fingerprint density at radius 1 is 1.26 bits per heavy atom. The number of carbonyl (C=O) groups excluding carboxylic acids is 1. The summed E-state index contributed by atoms with van der Waals surface area (Å²) in [6, 6.07) is 5.71. The van der Waals surface area contributed by atoms with Crippen molar-refractivity contribution in [3.8, 4) is 0 Å². The van der Waals surface area contributed by atoms with Gasteiger partial charge in [0.2, 0.25) is 5.95 Å². The minimum atomic E-state index is -1.28. The average molecular weight is 482 g/mol. The van der Waals surface area contributed by atoms with Crippen LogP contribution in [-0.4, -0.2) is 48.6 Å². The van der Waals surface area contributed by atoms with Gasteiger partial charge < -0.3 is 25.8 Å². The highest BCUT2D eigenvalue weighted by Gasteiger charge is 2.27. The predicted octanol–water partition coefficient (Wildman–Crippen LogP) is 1.86. The topological polar surface area (TPSA) is 180 Å². The fourth-order valence-corrected chi connectivity index (χ4v) is 4.72. The Kier molecular flexibility index (Phi) is 6.85. The molecule has 1 amide bonds. The molecule has 0 saturated heterocycles. The average Bonchev–Trinajstić information content (AvgIpc) is 3.40. The van der Waals surface area contributed by atoms with E-state index in [1.54, 1.807) is 18.2 Å². The summed E-state index contributed by atoms with van der Waals surface area (Å²) in [5.74, 6) is -2.67. The number of rotatable bonds is 10. The lowest BCUT2D eigenvalue weighted by Crippen LogP contribution is -2.41. The maximum absolute atomic E-state index is 12.6. The highest BCUT2D eigenvalue weighted by Crippen LogP contribution is 2.33. The number of nitrogens with two attached hydrogens (primary N) is 1. The number of nitrogen functional groups attached to an aromatic ring is 1. The van der Waals surface area contributed by atoms with Crippen LogP contribution in [-0.2, 0) is 22.6 Å². The molecule has 3 aromatic rings. The van der Waals surface area contributed by atoms with E-state index in [1.807, 2.05) is 12.3 Å². The molecule has 1 aliphatic carbocycles. The Morgan fingerprint density at radius 2 is 2.06 bits per heavy atom. The van der Waals surface area contributed by atoms with E-state index in [0.717, 1.165) is 54.4 Å². The Balaban J connectivity index is 1.39. The van der Waals surface area contributed by atoms with Crippen molar-refractivity contribution < 1.29 is 24.6 Å². The smallest absolute Gasteiger partial charge is 0.326 e. The van der Waals surface area contributed by atoms with Crippen molar-refractivity contribution in [3.63, 3.8) is 0 Å². The lowest BCUT2D eigenvalue weighted by atomic mass is 9.98. The van der Waals surface area contributed by atoms with Crippen molar-refractivity contribution >= 4 is 34.7 Å². The number of benzene rings is 1. The molecule has 1 unspecified atom stereocenters. The number of carboxylic acid groups (broad SMARTS) is 2. The third-order valence-corrected chi connectivity index (χ3v) is 6.43. The number of nitrogens with zero attached hydrogens (tertiary/aromatic N) is 2. The van der Waals surface area contributed by atoms with Gasteiger partial charge in [-0.05, 0) is 62.3 Å². The molecular weight excluding hydrogens is 454 g/mol. The van der Waals surface area contributed by atoms with E-state index < -0.39 is 23.9 Å². The Labute approximate surface area is 200 Å². The number of carbonyl (C=O) groups is 3. The lowest BCUT2D eigenvalue weighted by Gasteiger charge is -2.14. The van der Waals surface area contributed by atoms with Crippen LogP contribution >= 0.6 is 0 Å². The second-order valence-corrected chi connectivity index (χ2v) is 8.77. The van der Waals surface area contributed by atoms with Crippen LogP contribution in [0.15, 0.2) is 35.3 Å². The molecule has 35 heavy (non-hydrogen) atoms. The standard InChI is InChI=1S/C24H27N5O6/c25-24-27-16-5-3-13(20(16)22(33)28-24)2-1-10-29-11-9-14-12-15(4-7-18(14)29)21(32)26-17(23(34)35)6-8-19(30)31/h4,7,9,11-13,17H,1-3,5-6,8,10H2,(H,26,32)(H,30,31)(H,34,35)(H3,25,27,28,33)/t13?,17-/m0/s1. The monoisotopic (exact) mass is 481 g/mol. The van der Waals surface area contributed by atoms with Gasteiger partial charge in [-0.1, -0.05) is 0 Å². The van der Waals surface area contributed by atoms with Gasteiger partial charge in [-0.25, -0.2) is 9.78 Å². The predicted molar refractivity (Wildman–Crippen MR) is 127 cm³/mol. The number of aryl methyl sites for hydroxylation is 2. The van der Waals surface area contributed by atoms with Crippen LogP contribution in [0.4, 0.5) is 5.95 Å². The van der Waals surface area contributed by atoms with Crippen molar-refractivity contribution in [1.82, 2.24) is 19.9 Å². The summed E-state index contributed by atoms with van der Waals surface area (Å²) in [4.78, 5) is 53.8. The fraction of sp³-hybridized carbons (Fsp3) is 0.375. The number of carboxylic acids is 2. The van der Waals surface area contributed by atoms with E-state index in [1.165, 1.54) is 0 Å². The first kappa shape index (κ1) is 24.0. The summed E-state index contributed by atoms with van der Waals surface area (Å²) < 4.78 is 2.07. The molecule has 11 nitrogen and oxygen atoms in total. The van der Waals surface area contributed by atoms with Crippen LogP contribution in [0.3, 0.4) is 0 Å². The summed E-state index contributed by atoms with van der Waals surface area (Å²) in [5.41, 5.74) is 8.26. The molecule has 2 aromatic heterocycles. The molecule has 0 fully saturated rings. The van der Waals surface area contributed by atoms with E-state index >= 15 is 0 Å². The molecule has 0 radical (unpaired) electrons. The summed E-state index contributed by atoms with van der Waals surface area (Å²) in [5, 5.41) is 21.3. The van der Waals surface area contributed by atoms with Crippen molar-refractivity contribution in [2.45, 2.75) is 57.0 Å². The first-order chi connectivity index (χ1) is 16.7. The van der Waals surface area contributed by atoms with E-state index in [9.17, 15) is 24.3 Å². The molecule has 6 N–H and O–H groups in total. The van der Waals surface area contributed by atoms with Gasteiger partial charge in [-0.3, -0.25) is 19.4 Å². The Hall–Kier alpha value is -4.15. The van der Waals surface area contributed by atoms with Gasteiger partial charge in [-0.2, -0.15) is 0 Å². The summed E-state index contributed by atoms with van der Waals surface area (Å²) in [7, 11) is 0. The lowest BCUT2D eigenvalue weighted by molar-refractivity contribution is -0.140. The second-order valence-electron chi connectivity index (χ2n) is 8.77. The van der Waals surface area contributed by atoms with E-state index in [-0.39, 0.29) is 30.3 Å². The molecule has 0 aliphatic heterocycles. The minimum absolute atomic E-state index is 0.152. The number of aliphatic carboxylic acids is 2. The van der Waals surface area contributed by atoms with Crippen LogP contribution in [0.5, 0.6) is 0 Å². The number of hydrogen-bond donors (Lipinski definition) is 5.